The van der Waals surface area contributed by atoms with Crippen molar-refractivity contribution in [2.24, 2.45) is 0 Å². The smallest absolute Gasteiger partial charge is 0.234 e. The van der Waals surface area contributed by atoms with Gasteiger partial charge < -0.3 is 10.1 Å². The lowest BCUT2D eigenvalue weighted by Crippen LogP contribution is -2.38. The molecular weight excluding hydrogens is 342 g/mol. The molecule has 0 aliphatic carbocycles. The number of para-hydroxylation sites is 1. The Balaban J connectivity index is 1.23. The lowest BCUT2D eigenvalue weighted by Gasteiger charge is -2.18. The summed E-state index contributed by atoms with van der Waals surface area (Å²) in [6.45, 7) is 3.08. The molecule has 4 rings (SSSR count). The van der Waals surface area contributed by atoms with Gasteiger partial charge in [-0.05, 0) is 24.6 Å². The quantitative estimate of drug-likeness (QED) is 0.673. The number of nitrogens with zero attached hydrogens (tertiary/aromatic N) is 4. The largest absolute Gasteiger partial charge is 0.492 e. The normalized spacial score (nSPS) is 14.4. The summed E-state index contributed by atoms with van der Waals surface area (Å²) in [5.41, 5.74) is 1.97. The highest BCUT2D eigenvalue weighted by Crippen LogP contribution is 2.22. The minimum absolute atomic E-state index is 0.0421. The van der Waals surface area contributed by atoms with Crippen LogP contribution in [0.25, 0.3) is 5.65 Å². The molecule has 0 fully saturated rings. The summed E-state index contributed by atoms with van der Waals surface area (Å²) in [7, 11) is 0. The Morgan fingerprint density at radius 2 is 2.04 bits per heavy atom. The van der Waals surface area contributed by atoms with Crippen LogP contribution in [-0.2, 0) is 17.8 Å². The number of benzene rings is 1. The number of carbonyl (C=O) groups is 1. The number of aromatic nitrogens is 3. The second-order valence-electron chi connectivity index (χ2n) is 6.67. The Hall–Kier alpha value is -2.93. The van der Waals surface area contributed by atoms with Crippen LogP contribution in [0.1, 0.15) is 17.8 Å². The van der Waals surface area contributed by atoms with Gasteiger partial charge in [0.25, 0.3) is 0 Å². The summed E-state index contributed by atoms with van der Waals surface area (Å²) in [5, 5.41) is 11.4. The number of rotatable bonds is 6. The number of ether oxygens (including phenoxy) is 1. The van der Waals surface area contributed by atoms with Crippen molar-refractivity contribution in [1.29, 1.82) is 0 Å². The Labute approximate surface area is 158 Å². The van der Waals surface area contributed by atoms with Crippen LogP contribution in [0.3, 0.4) is 0 Å². The highest BCUT2D eigenvalue weighted by atomic mass is 16.5. The second-order valence-corrected chi connectivity index (χ2v) is 6.67. The minimum atomic E-state index is 0.0421. The number of hydrogen-bond acceptors (Lipinski definition) is 5. The number of pyridine rings is 1. The van der Waals surface area contributed by atoms with Gasteiger partial charge in [0.15, 0.2) is 5.65 Å². The molecule has 0 saturated carbocycles. The SMILES string of the molecule is O=C(CN1CCOc2ccccc2C1)NCCCc1nnc2ccccn12. The highest BCUT2D eigenvalue weighted by molar-refractivity contribution is 5.78. The number of nitrogens with one attached hydrogen (secondary N) is 1. The lowest BCUT2D eigenvalue weighted by molar-refractivity contribution is -0.122. The molecule has 0 bridgehead atoms. The molecule has 140 valence electrons. The number of carbonyl (C=O) groups excluding carboxylic acids is 1. The predicted octanol–water partition coefficient (Wildman–Crippen LogP) is 1.67. The molecule has 7 nitrogen and oxygen atoms in total. The van der Waals surface area contributed by atoms with Crippen LogP contribution in [0.2, 0.25) is 0 Å². The first-order valence-electron chi connectivity index (χ1n) is 9.28. The van der Waals surface area contributed by atoms with Gasteiger partial charge in [-0.1, -0.05) is 24.3 Å². The van der Waals surface area contributed by atoms with E-state index in [9.17, 15) is 4.79 Å². The summed E-state index contributed by atoms with van der Waals surface area (Å²) in [6.07, 6.45) is 3.56. The zero-order chi connectivity index (χ0) is 18.5. The van der Waals surface area contributed by atoms with Gasteiger partial charge in [0, 0.05) is 37.8 Å². The molecule has 1 aliphatic rings. The number of amides is 1. The zero-order valence-electron chi connectivity index (χ0n) is 15.2. The zero-order valence-corrected chi connectivity index (χ0v) is 15.2. The summed E-state index contributed by atoms with van der Waals surface area (Å²) in [4.78, 5) is 14.4. The summed E-state index contributed by atoms with van der Waals surface area (Å²) in [6, 6.07) is 13.8. The van der Waals surface area contributed by atoms with E-state index in [1.54, 1.807) is 0 Å². The monoisotopic (exact) mass is 365 g/mol. The fraction of sp³-hybridized carbons (Fsp3) is 0.350. The van der Waals surface area contributed by atoms with Crippen molar-refractivity contribution in [2.75, 3.05) is 26.2 Å². The Morgan fingerprint density at radius 1 is 1.15 bits per heavy atom. The van der Waals surface area contributed by atoms with Crippen molar-refractivity contribution in [2.45, 2.75) is 19.4 Å². The maximum absolute atomic E-state index is 12.3. The van der Waals surface area contributed by atoms with Gasteiger partial charge in [-0.15, -0.1) is 10.2 Å². The molecule has 3 aromatic rings. The van der Waals surface area contributed by atoms with E-state index >= 15 is 0 Å². The van der Waals surface area contributed by atoms with Crippen molar-refractivity contribution < 1.29 is 9.53 Å². The molecule has 1 aromatic carbocycles. The van der Waals surface area contributed by atoms with Gasteiger partial charge in [0.05, 0.1) is 6.54 Å². The first kappa shape index (κ1) is 17.5. The standard InChI is InChI=1S/C20H23N5O2/c26-20(15-24-12-13-27-17-7-2-1-6-16(17)14-24)21-10-5-9-19-23-22-18-8-3-4-11-25(18)19/h1-4,6-8,11H,5,9-10,12-15H2,(H,21,26). The van der Waals surface area contributed by atoms with Gasteiger partial charge >= 0.3 is 0 Å². The van der Waals surface area contributed by atoms with E-state index in [0.717, 1.165) is 48.7 Å². The molecule has 0 radical (unpaired) electrons. The van der Waals surface area contributed by atoms with Crippen LogP contribution in [0, 0.1) is 0 Å². The topological polar surface area (TPSA) is 71.8 Å². The Kier molecular flexibility index (Phi) is 5.29. The summed E-state index contributed by atoms with van der Waals surface area (Å²) in [5.74, 6) is 1.88. The molecule has 0 unspecified atom stereocenters. The third-order valence-corrected chi connectivity index (χ3v) is 4.68. The van der Waals surface area contributed by atoms with E-state index in [2.05, 4.69) is 26.5 Å². The minimum Gasteiger partial charge on any atom is -0.492 e. The van der Waals surface area contributed by atoms with E-state index in [1.807, 2.05) is 47.0 Å². The van der Waals surface area contributed by atoms with Crippen molar-refractivity contribution in [3.63, 3.8) is 0 Å². The van der Waals surface area contributed by atoms with Gasteiger partial charge in [-0.2, -0.15) is 0 Å². The van der Waals surface area contributed by atoms with E-state index < -0.39 is 0 Å². The first-order chi connectivity index (χ1) is 13.3. The van der Waals surface area contributed by atoms with E-state index in [1.165, 1.54) is 0 Å². The van der Waals surface area contributed by atoms with Crippen molar-refractivity contribution in [1.82, 2.24) is 24.8 Å². The van der Waals surface area contributed by atoms with Crippen LogP contribution in [0.4, 0.5) is 0 Å². The molecule has 0 atom stereocenters. The molecule has 3 heterocycles. The number of hydrogen-bond donors (Lipinski definition) is 1. The van der Waals surface area contributed by atoms with Crippen LogP contribution < -0.4 is 10.1 Å². The second kappa shape index (κ2) is 8.18. The Bertz CT molecular complexity index is 923. The maximum Gasteiger partial charge on any atom is 0.234 e. The number of aryl methyl sites for hydroxylation is 1. The van der Waals surface area contributed by atoms with Gasteiger partial charge in [-0.25, -0.2) is 0 Å². The van der Waals surface area contributed by atoms with Crippen LogP contribution in [0.15, 0.2) is 48.7 Å². The van der Waals surface area contributed by atoms with Crippen molar-refractivity contribution in [3.05, 3.63) is 60.0 Å². The molecule has 27 heavy (non-hydrogen) atoms. The van der Waals surface area contributed by atoms with Crippen molar-refractivity contribution >= 4 is 11.6 Å². The van der Waals surface area contributed by atoms with Gasteiger partial charge in [-0.3, -0.25) is 14.1 Å². The van der Waals surface area contributed by atoms with Crippen molar-refractivity contribution in [3.8, 4) is 5.75 Å². The fourth-order valence-electron chi connectivity index (χ4n) is 3.31. The molecule has 1 aliphatic heterocycles. The highest BCUT2D eigenvalue weighted by Gasteiger charge is 2.17. The van der Waals surface area contributed by atoms with Gasteiger partial charge in [0.2, 0.25) is 5.91 Å². The third-order valence-electron chi connectivity index (χ3n) is 4.68. The molecule has 0 spiro atoms. The van der Waals surface area contributed by atoms with Crippen LogP contribution in [0.5, 0.6) is 5.75 Å². The summed E-state index contributed by atoms with van der Waals surface area (Å²) < 4.78 is 7.73. The predicted molar refractivity (Wildman–Crippen MR) is 102 cm³/mol. The molecule has 1 N–H and O–H groups in total. The van der Waals surface area contributed by atoms with Crippen LogP contribution in [-0.4, -0.2) is 51.6 Å². The molecule has 0 saturated heterocycles. The molecule has 7 heteroatoms. The molecule has 2 aromatic heterocycles. The molecular formula is C20H23N5O2. The lowest BCUT2D eigenvalue weighted by atomic mass is 10.2. The maximum atomic E-state index is 12.3. The van der Waals surface area contributed by atoms with E-state index in [0.29, 0.717) is 19.7 Å². The van der Waals surface area contributed by atoms with E-state index in [4.69, 9.17) is 4.74 Å². The van der Waals surface area contributed by atoms with Crippen LogP contribution >= 0.6 is 0 Å². The van der Waals surface area contributed by atoms with E-state index in [-0.39, 0.29) is 5.91 Å². The average molecular weight is 365 g/mol. The van der Waals surface area contributed by atoms with Gasteiger partial charge in [0.1, 0.15) is 18.2 Å². The third kappa shape index (κ3) is 4.25. The molecule has 1 amide bonds. The summed E-state index contributed by atoms with van der Waals surface area (Å²) >= 11 is 0. The number of fused-ring (bicyclic) bond motifs is 2. The first-order valence-corrected chi connectivity index (χ1v) is 9.28. The average Bonchev–Trinajstić information content (AvgIpc) is 2.98. The fourth-order valence-corrected chi connectivity index (χ4v) is 3.31. The Morgan fingerprint density at radius 3 is 3.00 bits per heavy atom.